The highest BCUT2D eigenvalue weighted by molar-refractivity contribution is 7.88. The van der Waals surface area contributed by atoms with Crippen molar-refractivity contribution >= 4 is 32.6 Å². The maximum Gasteiger partial charge on any atom is 0.291 e. The smallest absolute Gasteiger partial charge is 0.291 e. The van der Waals surface area contributed by atoms with E-state index in [1.165, 1.54) is 6.08 Å². The van der Waals surface area contributed by atoms with Crippen LogP contribution in [0.5, 0.6) is 0 Å². The van der Waals surface area contributed by atoms with Gasteiger partial charge in [0.05, 0.1) is 12.4 Å². The first-order valence-electron chi connectivity index (χ1n) is 8.91. The molecule has 1 amide bonds. The molecule has 2 N–H and O–H groups in total. The third-order valence-electron chi connectivity index (χ3n) is 4.21. The third kappa shape index (κ3) is 5.11. The Morgan fingerprint density at radius 2 is 1.90 bits per heavy atom. The van der Waals surface area contributed by atoms with Crippen molar-refractivity contribution in [3.63, 3.8) is 0 Å². The van der Waals surface area contributed by atoms with Crippen molar-refractivity contribution in [3.8, 4) is 0 Å². The van der Waals surface area contributed by atoms with Gasteiger partial charge in [-0.25, -0.2) is 13.1 Å². The summed E-state index contributed by atoms with van der Waals surface area (Å²) in [5.41, 5.74) is 2.41. The summed E-state index contributed by atoms with van der Waals surface area (Å²) in [6, 6.07) is 14.0. The summed E-state index contributed by atoms with van der Waals surface area (Å²) < 4.78 is 37.2. The van der Waals surface area contributed by atoms with Crippen LogP contribution in [0.2, 0.25) is 0 Å². The van der Waals surface area contributed by atoms with Crippen LogP contribution in [0, 0.1) is 0 Å². The monoisotopic (exact) mass is 414 g/mol. The maximum absolute atomic E-state index is 12.7. The molecule has 0 spiro atoms. The summed E-state index contributed by atoms with van der Waals surface area (Å²) in [4.78, 5) is 12.7. The van der Waals surface area contributed by atoms with Gasteiger partial charge in [0.25, 0.3) is 5.91 Å². The number of anilines is 1. The van der Waals surface area contributed by atoms with Gasteiger partial charge < -0.3 is 14.5 Å². The highest BCUT2D eigenvalue weighted by atomic mass is 32.2. The molecular weight excluding hydrogens is 392 g/mol. The van der Waals surface area contributed by atoms with Crippen LogP contribution in [0.15, 0.2) is 65.6 Å². The van der Waals surface area contributed by atoms with E-state index in [4.69, 9.17) is 9.15 Å². The average Bonchev–Trinajstić information content (AvgIpc) is 3.07. The van der Waals surface area contributed by atoms with Crippen molar-refractivity contribution in [1.82, 2.24) is 4.72 Å². The lowest BCUT2D eigenvalue weighted by molar-refractivity contribution is 0.0992. The Balaban J connectivity index is 1.75. The summed E-state index contributed by atoms with van der Waals surface area (Å²) in [5.74, 6) is -0.369. The molecule has 3 aromatic rings. The van der Waals surface area contributed by atoms with Gasteiger partial charge in [0, 0.05) is 30.3 Å². The number of sulfonamides is 1. The van der Waals surface area contributed by atoms with Gasteiger partial charge in [-0.05, 0) is 23.8 Å². The molecule has 152 valence electrons. The van der Waals surface area contributed by atoms with Crippen molar-refractivity contribution in [2.75, 3.05) is 19.0 Å². The fourth-order valence-corrected chi connectivity index (χ4v) is 4.00. The van der Waals surface area contributed by atoms with E-state index in [-0.39, 0.29) is 24.7 Å². The van der Waals surface area contributed by atoms with E-state index >= 15 is 0 Å². The van der Waals surface area contributed by atoms with Crippen molar-refractivity contribution < 1.29 is 22.4 Å². The summed E-state index contributed by atoms with van der Waals surface area (Å²) in [6.45, 7) is 3.91. The number of furan rings is 1. The van der Waals surface area contributed by atoms with Gasteiger partial charge in [0.1, 0.15) is 5.58 Å². The van der Waals surface area contributed by atoms with E-state index in [1.807, 2.05) is 18.2 Å². The van der Waals surface area contributed by atoms with Crippen LogP contribution in [-0.4, -0.2) is 28.0 Å². The number of methoxy groups -OCH3 is 1. The Hall–Kier alpha value is -2.94. The van der Waals surface area contributed by atoms with E-state index in [9.17, 15) is 13.2 Å². The second kappa shape index (κ2) is 9.04. The molecule has 0 fully saturated rings. The number of hydrogen-bond donors (Lipinski definition) is 2. The Bertz CT molecular complexity index is 1120. The van der Waals surface area contributed by atoms with Gasteiger partial charge in [-0.15, -0.1) is 6.58 Å². The number of hydrogen-bond acceptors (Lipinski definition) is 5. The Kier molecular flexibility index (Phi) is 6.48. The third-order valence-corrected chi connectivity index (χ3v) is 5.53. The van der Waals surface area contributed by atoms with Crippen LogP contribution >= 0.6 is 0 Å². The quantitative estimate of drug-likeness (QED) is 0.523. The van der Waals surface area contributed by atoms with Crippen molar-refractivity contribution in [2.24, 2.45) is 0 Å². The molecule has 2 aromatic carbocycles. The van der Waals surface area contributed by atoms with E-state index in [0.717, 1.165) is 5.39 Å². The summed E-state index contributed by atoms with van der Waals surface area (Å²) in [5, 5.41) is 3.60. The lowest BCUT2D eigenvalue weighted by atomic mass is 10.1. The molecule has 8 heteroatoms. The highest BCUT2D eigenvalue weighted by Crippen LogP contribution is 2.27. The number of carbonyl (C=O) groups excluding carboxylic acids is 1. The van der Waals surface area contributed by atoms with Crippen molar-refractivity contribution in [2.45, 2.75) is 12.4 Å². The number of carbonyl (C=O) groups is 1. The molecule has 1 aromatic heterocycles. The number of amides is 1. The standard InChI is InChI=1S/C21H22N2O5S/c1-3-12-22-29(25,26)14-15-8-10-16(11-9-15)23-21(24)20-18(13-27-2)17-6-4-5-7-19(17)28-20/h3-11,22H,1,12-14H2,2H3,(H,23,24). The lowest BCUT2D eigenvalue weighted by Gasteiger charge is -2.08. The van der Waals surface area contributed by atoms with Crippen molar-refractivity contribution in [3.05, 3.63) is 78.1 Å². The van der Waals surface area contributed by atoms with Gasteiger partial charge in [0.2, 0.25) is 10.0 Å². The minimum Gasteiger partial charge on any atom is -0.451 e. The van der Waals surface area contributed by atoms with Crippen LogP contribution in [0.25, 0.3) is 11.0 Å². The summed E-state index contributed by atoms with van der Waals surface area (Å²) >= 11 is 0. The van der Waals surface area contributed by atoms with Crippen LogP contribution in [-0.2, 0) is 27.1 Å². The normalized spacial score (nSPS) is 11.5. The molecule has 1 heterocycles. The van der Waals surface area contributed by atoms with Gasteiger partial charge in [-0.2, -0.15) is 0 Å². The zero-order chi connectivity index (χ0) is 20.9. The molecule has 29 heavy (non-hydrogen) atoms. The van der Waals surface area contributed by atoms with E-state index in [2.05, 4.69) is 16.6 Å². The first-order valence-corrected chi connectivity index (χ1v) is 10.6. The maximum atomic E-state index is 12.7. The molecule has 0 aliphatic rings. The first kappa shape index (κ1) is 20.8. The SMILES string of the molecule is C=CCNS(=O)(=O)Cc1ccc(NC(=O)c2oc3ccccc3c2COC)cc1. The Morgan fingerprint density at radius 1 is 1.17 bits per heavy atom. The zero-order valence-corrected chi connectivity index (χ0v) is 16.8. The number of fused-ring (bicyclic) bond motifs is 1. The lowest BCUT2D eigenvalue weighted by Crippen LogP contribution is -2.25. The molecule has 0 atom stereocenters. The van der Waals surface area contributed by atoms with Crippen LogP contribution in [0.4, 0.5) is 5.69 Å². The molecule has 0 radical (unpaired) electrons. The van der Waals surface area contributed by atoms with E-state index < -0.39 is 15.9 Å². The van der Waals surface area contributed by atoms with Gasteiger partial charge in [0.15, 0.2) is 5.76 Å². The minimum atomic E-state index is -3.44. The predicted molar refractivity (Wildman–Crippen MR) is 112 cm³/mol. The molecule has 3 rings (SSSR count). The second-order valence-electron chi connectivity index (χ2n) is 6.39. The van der Waals surface area contributed by atoms with Gasteiger partial charge in [-0.3, -0.25) is 4.79 Å². The minimum absolute atomic E-state index is 0.156. The van der Waals surface area contributed by atoms with Crippen LogP contribution in [0.3, 0.4) is 0 Å². The van der Waals surface area contributed by atoms with Gasteiger partial charge >= 0.3 is 0 Å². The molecule has 0 unspecified atom stereocenters. The fourth-order valence-electron chi connectivity index (χ4n) is 2.90. The molecule has 0 bridgehead atoms. The number of nitrogens with one attached hydrogen (secondary N) is 2. The highest BCUT2D eigenvalue weighted by Gasteiger charge is 2.20. The van der Waals surface area contributed by atoms with Crippen LogP contribution in [0.1, 0.15) is 21.7 Å². The molecule has 0 aliphatic carbocycles. The summed E-state index contributed by atoms with van der Waals surface area (Å²) in [6.07, 6.45) is 1.48. The topological polar surface area (TPSA) is 97.6 Å². The van der Waals surface area contributed by atoms with E-state index in [0.29, 0.717) is 22.4 Å². The van der Waals surface area contributed by atoms with Crippen molar-refractivity contribution in [1.29, 1.82) is 0 Å². The molecule has 0 aliphatic heterocycles. The molecule has 0 saturated heterocycles. The number of benzene rings is 2. The number of rotatable bonds is 9. The average molecular weight is 414 g/mol. The first-order chi connectivity index (χ1) is 13.9. The molecule has 0 saturated carbocycles. The van der Waals surface area contributed by atoms with Gasteiger partial charge in [-0.1, -0.05) is 36.4 Å². The number of ether oxygens (including phenoxy) is 1. The predicted octanol–water partition coefficient (Wildman–Crippen LogP) is 3.44. The Labute approximate surface area is 169 Å². The zero-order valence-electron chi connectivity index (χ0n) is 16.0. The summed E-state index contributed by atoms with van der Waals surface area (Å²) in [7, 11) is -1.88. The Morgan fingerprint density at radius 3 is 2.59 bits per heavy atom. The second-order valence-corrected chi connectivity index (χ2v) is 8.19. The molecule has 7 nitrogen and oxygen atoms in total. The number of para-hydroxylation sites is 1. The molecular formula is C21H22N2O5S. The van der Waals surface area contributed by atoms with E-state index in [1.54, 1.807) is 37.4 Å². The fraction of sp³-hybridized carbons (Fsp3) is 0.190. The largest absolute Gasteiger partial charge is 0.451 e. The van der Waals surface area contributed by atoms with Crippen LogP contribution < -0.4 is 10.0 Å².